The minimum Gasteiger partial charge on any atom is -0.342 e. The van der Waals surface area contributed by atoms with Crippen molar-refractivity contribution in [1.29, 1.82) is 5.41 Å². The Morgan fingerprint density at radius 2 is 1.85 bits per heavy atom. The predicted octanol–water partition coefficient (Wildman–Crippen LogP) is 4.03. The second-order valence-corrected chi connectivity index (χ2v) is 9.82. The van der Waals surface area contributed by atoms with Crippen LogP contribution >= 0.6 is 11.8 Å². The highest BCUT2D eigenvalue weighted by molar-refractivity contribution is 8.27. The van der Waals surface area contributed by atoms with E-state index >= 15 is 0 Å². The van der Waals surface area contributed by atoms with Crippen LogP contribution < -0.4 is 0 Å². The Kier molecular flexibility index (Phi) is 5.73. The monoisotopic (exact) mass is 474 g/mol. The summed E-state index contributed by atoms with van der Waals surface area (Å²) in [6, 6.07) is 10.3. The number of amides is 2. The van der Waals surface area contributed by atoms with Gasteiger partial charge in [0.25, 0.3) is 5.91 Å². The van der Waals surface area contributed by atoms with E-state index in [1.165, 1.54) is 22.3 Å². The summed E-state index contributed by atoms with van der Waals surface area (Å²) in [7, 11) is 0. The molecule has 1 aromatic carbocycles. The number of carbonyl (C=O) groups is 2. The minimum atomic E-state index is -0.466. The average molecular weight is 475 g/mol. The fraction of sp³-hybridized carbons (Fsp3) is 0.320. The van der Waals surface area contributed by atoms with Crippen molar-refractivity contribution in [2.75, 3.05) is 13.1 Å². The highest BCUT2D eigenvalue weighted by Crippen LogP contribution is 2.31. The van der Waals surface area contributed by atoms with Gasteiger partial charge >= 0.3 is 0 Å². The van der Waals surface area contributed by atoms with E-state index in [1.54, 1.807) is 6.08 Å². The molecule has 0 atom stereocenters. The van der Waals surface area contributed by atoms with E-state index in [1.807, 2.05) is 24.8 Å². The lowest BCUT2D eigenvalue weighted by molar-refractivity contribution is -0.128. The second-order valence-electron chi connectivity index (χ2n) is 8.78. The summed E-state index contributed by atoms with van der Waals surface area (Å²) < 4.78 is 2.13. The maximum absolute atomic E-state index is 12.8. The molecule has 0 saturated carbocycles. The number of benzene rings is 1. The molecular weight excluding hydrogens is 448 g/mol. The Morgan fingerprint density at radius 1 is 1.15 bits per heavy atom. The van der Waals surface area contributed by atoms with E-state index in [9.17, 15) is 9.59 Å². The Balaban J connectivity index is 1.41. The standard InChI is InChI=1S/C25H26N6O2S/c1-15-6-8-19(9-7-15)30-16(2)12-18(17(30)3)13-20-23(26)31-25(27-24(20)33)34-21(28-31)14-22(32)29-10-4-5-11-29/h6-9,12-13,26H,4-5,10-11,14H2,1-3H3. The number of carbonyl (C=O) groups excluding carboxylic acids is 2. The van der Waals surface area contributed by atoms with Crippen LogP contribution in [0.2, 0.25) is 0 Å². The van der Waals surface area contributed by atoms with Crippen LogP contribution in [0, 0.1) is 26.2 Å². The Morgan fingerprint density at radius 3 is 2.56 bits per heavy atom. The number of hydrogen-bond acceptors (Lipinski definition) is 5. The summed E-state index contributed by atoms with van der Waals surface area (Å²) in [5.74, 6) is -0.459. The van der Waals surface area contributed by atoms with E-state index in [0.29, 0.717) is 10.2 Å². The van der Waals surface area contributed by atoms with Crippen molar-refractivity contribution in [3.8, 4) is 5.69 Å². The Labute approximate surface area is 202 Å². The minimum absolute atomic E-state index is 0.0220. The molecule has 0 bridgehead atoms. The number of likely N-dealkylation sites (tertiary alicyclic amines) is 1. The van der Waals surface area contributed by atoms with Gasteiger partial charge in [0.1, 0.15) is 5.04 Å². The van der Waals surface area contributed by atoms with Crippen molar-refractivity contribution in [3.63, 3.8) is 0 Å². The summed E-state index contributed by atoms with van der Waals surface area (Å²) in [5, 5.41) is 15.3. The first-order valence-corrected chi connectivity index (χ1v) is 12.2. The number of aryl methyl sites for hydroxylation is 2. The van der Waals surface area contributed by atoms with Crippen molar-refractivity contribution in [2.45, 2.75) is 40.0 Å². The number of nitrogens with zero attached hydrogens (tertiary/aromatic N) is 5. The summed E-state index contributed by atoms with van der Waals surface area (Å²) in [4.78, 5) is 31.3. The van der Waals surface area contributed by atoms with Crippen LogP contribution in [-0.4, -0.2) is 55.4 Å². The fourth-order valence-corrected chi connectivity index (χ4v) is 5.37. The zero-order valence-corrected chi connectivity index (χ0v) is 20.3. The first kappa shape index (κ1) is 22.3. The lowest BCUT2D eigenvalue weighted by atomic mass is 10.1. The molecule has 1 saturated heterocycles. The van der Waals surface area contributed by atoms with Gasteiger partial charge in [0.15, 0.2) is 5.84 Å². The van der Waals surface area contributed by atoms with Gasteiger partial charge in [0, 0.05) is 30.2 Å². The number of aromatic nitrogens is 1. The van der Waals surface area contributed by atoms with Gasteiger partial charge in [0.2, 0.25) is 11.1 Å². The topological polar surface area (TPSA) is 94.1 Å². The zero-order valence-electron chi connectivity index (χ0n) is 19.5. The van der Waals surface area contributed by atoms with Gasteiger partial charge in [-0.15, -0.1) is 0 Å². The Hall–Kier alpha value is -3.46. The van der Waals surface area contributed by atoms with Crippen LogP contribution in [0.4, 0.5) is 0 Å². The van der Waals surface area contributed by atoms with E-state index in [0.717, 1.165) is 48.6 Å². The summed E-state index contributed by atoms with van der Waals surface area (Å²) in [6.45, 7) is 7.63. The molecule has 1 N–H and O–H groups in total. The average Bonchev–Trinajstić information content (AvgIpc) is 3.52. The summed E-state index contributed by atoms with van der Waals surface area (Å²) in [6.07, 6.45) is 3.94. The largest absolute Gasteiger partial charge is 0.342 e. The van der Waals surface area contributed by atoms with Gasteiger partial charge in [-0.25, -0.2) is 0 Å². The highest BCUT2D eigenvalue weighted by Gasteiger charge is 2.36. The van der Waals surface area contributed by atoms with Gasteiger partial charge in [-0.1, -0.05) is 17.7 Å². The normalized spacial score (nSPS) is 19.1. The number of rotatable bonds is 4. The molecule has 8 nitrogen and oxygen atoms in total. The number of hydrazone groups is 1. The van der Waals surface area contributed by atoms with Gasteiger partial charge in [-0.05, 0) is 75.2 Å². The third kappa shape index (κ3) is 4.00. The molecule has 1 fully saturated rings. The number of fused-ring (bicyclic) bond motifs is 1. The predicted molar refractivity (Wildman–Crippen MR) is 135 cm³/mol. The summed E-state index contributed by atoms with van der Waals surface area (Å²) >= 11 is 1.19. The molecule has 0 spiro atoms. The van der Waals surface area contributed by atoms with Gasteiger partial charge < -0.3 is 9.47 Å². The molecule has 2 aromatic rings. The number of aliphatic imine (C=N–C) groups is 1. The van der Waals surface area contributed by atoms with E-state index < -0.39 is 5.91 Å². The first-order valence-electron chi connectivity index (χ1n) is 11.3. The van der Waals surface area contributed by atoms with Crippen LogP contribution in [0.15, 0.2) is 46.0 Å². The third-order valence-electron chi connectivity index (χ3n) is 6.32. The van der Waals surface area contributed by atoms with Crippen LogP contribution in [0.25, 0.3) is 11.8 Å². The van der Waals surface area contributed by atoms with Crippen LogP contribution in [-0.2, 0) is 9.59 Å². The fourth-order valence-electron chi connectivity index (χ4n) is 4.49. The van der Waals surface area contributed by atoms with Crippen molar-refractivity contribution < 1.29 is 9.59 Å². The number of hydrogen-bond donors (Lipinski definition) is 1. The van der Waals surface area contributed by atoms with Crippen molar-refractivity contribution in [1.82, 2.24) is 14.5 Å². The van der Waals surface area contributed by atoms with E-state index in [2.05, 4.69) is 45.9 Å². The van der Waals surface area contributed by atoms with Crippen LogP contribution in [0.5, 0.6) is 0 Å². The smallest absolute Gasteiger partial charge is 0.283 e. The molecule has 3 aliphatic heterocycles. The van der Waals surface area contributed by atoms with Crippen molar-refractivity contribution >= 4 is 45.7 Å². The van der Waals surface area contributed by atoms with Gasteiger partial charge in [-0.2, -0.15) is 15.1 Å². The highest BCUT2D eigenvalue weighted by atomic mass is 32.2. The molecule has 2 amide bonds. The Bertz CT molecular complexity index is 1300. The molecule has 174 valence electrons. The number of amidine groups is 2. The van der Waals surface area contributed by atoms with Crippen LogP contribution in [0.3, 0.4) is 0 Å². The molecule has 0 unspecified atom stereocenters. The van der Waals surface area contributed by atoms with E-state index in [-0.39, 0.29) is 23.7 Å². The third-order valence-corrected chi connectivity index (χ3v) is 7.23. The lowest BCUT2D eigenvalue weighted by Gasteiger charge is -2.20. The van der Waals surface area contributed by atoms with Crippen molar-refractivity contribution in [3.05, 3.63) is 58.4 Å². The lowest BCUT2D eigenvalue weighted by Crippen LogP contribution is -2.35. The molecule has 5 rings (SSSR count). The van der Waals surface area contributed by atoms with Gasteiger partial charge in [-0.3, -0.25) is 15.0 Å². The molecule has 4 heterocycles. The second kappa shape index (κ2) is 8.72. The molecule has 34 heavy (non-hydrogen) atoms. The molecule has 1 aromatic heterocycles. The van der Waals surface area contributed by atoms with Crippen molar-refractivity contribution in [2.24, 2.45) is 10.1 Å². The first-order chi connectivity index (χ1) is 16.3. The molecule has 3 aliphatic rings. The maximum atomic E-state index is 12.8. The molecular formula is C25H26N6O2S. The molecule has 0 aliphatic carbocycles. The molecule has 0 radical (unpaired) electrons. The summed E-state index contributed by atoms with van der Waals surface area (Å²) in [5.41, 5.74) is 5.27. The zero-order chi connectivity index (χ0) is 24.0. The molecule has 9 heteroatoms. The number of nitrogens with one attached hydrogen (secondary N) is 1. The number of thioether (sulfide) groups is 1. The SMILES string of the molecule is Cc1ccc(-n2c(C)cc(C=C3C(=N)N4N=C(CC(=O)N5CCCC5)SC4=NC3=O)c2C)cc1. The quantitative estimate of drug-likeness (QED) is 0.677. The van der Waals surface area contributed by atoms with Crippen LogP contribution in [0.1, 0.15) is 41.8 Å². The maximum Gasteiger partial charge on any atom is 0.283 e. The van der Waals surface area contributed by atoms with E-state index in [4.69, 9.17) is 5.41 Å². The van der Waals surface area contributed by atoms with Gasteiger partial charge in [0.05, 0.1) is 12.0 Å².